The average molecular weight is 311 g/mol. The number of nitrogens with two attached hydrogens (primary N) is 1. The first-order chi connectivity index (χ1) is 10.1. The lowest BCUT2D eigenvalue weighted by molar-refractivity contribution is 0.0273. The quantitative estimate of drug-likeness (QED) is 0.625. The number of benzene rings is 1. The summed E-state index contributed by atoms with van der Waals surface area (Å²) >= 11 is 5.88. The zero-order valence-corrected chi connectivity index (χ0v) is 13.0. The van der Waals surface area contributed by atoms with Crippen LogP contribution in [0.25, 0.3) is 0 Å². The Morgan fingerprint density at radius 3 is 2.76 bits per heavy atom. The molecule has 1 amide bonds. The van der Waals surface area contributed by atoms with Gasteiger partial charge in [-0.05, 0) is 37.5 Å². The number of anilines is 1. The van der Waals surface area contributed by atoms with Crippen LogP contribution in [-0.4, -0.2) is 25.2 Å². The lowest BCUT2D eigenvalue weighted by Crippen LogP contribution is -2.26. The molecule has 3 N–H and O–H groups in total. The minimum Gasteiger partial charge on any atom is -0.399 e. The number of nitrogens with one attached hydrogen (secondary N) is 1. The molecular weight excluding hydrogens is 288 g/mol. The molecule has 1 aromatic carbocycles. The summed E-state index contributed by atoms with van der Waals surface area (Å²) in [7, 11) is 0. The maximum atomic E-state index is 11.9. The largest absolute Gasteiger partial charge is 0.399 e. The van der Waals surface area contributed by atoms with Crippen LogP contribution in [0.4, 0.5) is 5.69 Å². The van der Waals surface area contributed by atoms with Gasteiger partial charge >= 0.3 is 0 Å². The van der Waals surface area contributed by atoms with Crippen LogP contribution in [0.1, 0.15) is 48.9 Å². The molecule has 4 nitrogen and oxygen atoms in total. The summed E-state index contributed by atoms with van der Waals surface area (Å²) in [5, 5.41) is 3.33. The molecule has 1 saturated carbocycles. The summed E-state index contributed by atoms with van der Waals surface area (Å²) in [4.78, 5) is 11.9. The lowest BCUT2D eigenvalue weighted by Gasteiger charge is -2.21. The van der Waals surface area contributed by atoms with Crippen LogP contribution in [0.15, 0.2) is 18.2 Å². The molecule has 0 aromatic heterocycles. The SMILES string of the molecule is Nc1cc(Cl)cc(C(=O)NCCCOC2CCCCC2)c1. The molecule has 1 aliphatic rings. The summed E-state index contributed by atoms with van der Waals surface area (Å²) in [6.07, 6.45) is 7.47. The van der Waals surface area contributed by atoms with Gasteiger partial charge < -0.3 is 15.8 Å². The van der Waals surface area contributed by atoms with Gasteiger partial charge in [0.25, 0.3) is 5.91 Å². The molecule has 0 saturated heterocycles. The maximum Gasteiger partial charge on any atom is 0.251 e. The maximum absolute atomic E-state index is 11.9. The van der Waals surface area contributed by atoms with Crippen molar-refractivity contribution < 1.29 is 9.53 Å². The fourth-order valence-electron chi connectivity index (χ4n) is 2.60. The standard InChI is InChI=1S/C16H23ClN2O2/c17-13-9-12(10-14(18)11-13)16(20)19-7-4-8-21-15-5-2-1-3-6-15/h9-11,15H,1-8,18H2,(H,19,20). The second kappa shape index (κ2) is 8.25. The monoisotopic (exact) mass is 310 g/mol. The molecular formula is C16H23ClN2O2. The van der Waals surface area contributed by atoms with E-state index in [1.165, 1.54) is 32.1 Å². The van der Waals surface area contributed by atoms with Crippen molar-refractivity contribution >= 4 is 23.2 Å². The average Bonchev–Trinajstić information content (AvgIpc) is 2.47. The Morgan fingerprint density at radius 2 is 2.05 bits per heavy atom. The van der Waals surface area contributed by atoms with Crippen molar-refractivity contribution in [3.05, 3.63) is 28.8 Å². The third-order valence-corrected chi connectivity index (χ3v) is 3.91. The van der Waals surface area contributed by atoms with Crippen LogP contribution in [0.3, 0.4) is 0 Å². The van der Waals surface area contributed by atoms with Gasteiger partial charge in [0.1, 0.15) is 0 Å². The zero-order valence-electron chi connectivity index (χ0n) is 12.2. The molecule has 5 heteroatoms. The highest BCUT2D eigenvalue weighted by Gasteiger charge is 2.13. The van der Waals surface area contributed by atoms with E-state index in [-0.39, 0.29) is 5.91 Å². The van der Waals surface area contributed by atoms with E-state index < -0.39 is 0 Å². The first-order valence-corrected chi connectivity index (χ1v) is 7.99. The van der Waals surface area contributed by atoms with Gasteiger partial charge in [-0.25, -0.2) is 0 Å². The summed E-state index contributed by atoms with van der Waals surface area (Å²) < 4.78 is 5.82. The van der Waals surface area contributed by atoms with Gasteiger partial charge in [-0.1, -0.05) is 30.9 Å². The van der Waals surface area contributed by atoms with Crippen molar-refractivity contribution in [3.8, 4) is 0 Å². The summed E-state index contributed by atoms with van der Waals surface area (Å²) in [6, 6.07) is 4.86. The number of hydrogen-bond donors (Lipinski definition) is 2. The van der Waals surface area contributed by atoms with E-state index in [1.54, 1.807) is 18.2 Å². The van der Waals surface area contributed by atoms with Crippen molar-refractivity contribution in [2.24, 2.45) is 0 Å². The molecule has 0 bridgehead atoms. The predicted octanol–water partition coefficient (Wildman–Crippen LogP) is 3.39. The second-order valence-corrected chi connectivity index (χ2v) is 5.95. The first-order valence-electron chi connectivity index (χ1n) is 7.61. The van der Waals surface area contributed by atoms with E-state index in [9.17, 15) is 4.79 Å². The van der Waals surface area contributed by atoms with Crippen LogP contribution in [0, 0.1) is 0 Å². The number of rotatable bonds is 6. The molecule has 0 aliphatic heterocycles. The molecule has 0 radical (unpaired) electrons. The molecule has 0 atom stereocenters. The van der Waals surface area contributed by atoms with Gasteiger partial charge in [0.05, 0.1) is 6.10 Å². The Kier molecular flexibility index (Phi) is 6.33. The lowest BCUT2D eigenvalue weighted by atomic mass is 9.98. The highest BCUT2D eigenvalue weighted by atomic mass is 35.5. The molecule has 0 unspecified atom stereocenters. The topological polar surface area (TPSA) is 64.4 Å². The highest BCUT2D eigenvalue weighted by Crippen LogP contribution is 2.20. The molecule has 0 heterocycles. The molecule has 0 spiro atoms. The number of halogens is 1. The molecule has 2 rings (SSSR count). The van der Waals surface area contributed by atoms with E-state index in [0.29, 0.717) is 35.5 Å². The fourth-order valence-corrected chi connectivity index (χ4v) is 2.84. The van der Waals surface area contributed by atoms with Crippen LogP contribution in [0.2, 0.25) is 5.02 Å². The van der Waals surface area contributed by atoms with Crippen molar-refractivity contribution in [1.82, 2.24) is 5.32 Å². The molecule has 1 aromatic rings. The van der Waals surface area contributed by atoms with Crippen molar-refractivity contribution in [1.29, 1.82) is 0 Å². The molecule has 21 heavy (non-hydrogen) atoms. The summed E-state index contributed by atoms with van der Waals surface area (Å²) in [6.45, 7) is 1.29. The van der Waals surface area contributed by atoms with Crippen molar-refractivity contribution in [2.45, 2.75) is 44.6 Å². The van der Waals surface area contributed by atoms with E-state index in [2.05, 4.69) is 5.32 Å². The first kappa shape index (κ1) is 16.1. The van der Waals surface area contributed by atoms with Crippen molar-refractivity contribution in [3.63, 3.8) is 0 Å². The predicted molar refractivity (Wildman–Crippen MR) is 85.6 cm³/mol. The van der Waals surface area contributed by atoms with E-state index in [1.807, 2.05) is 0 Å². The normalized spacial score (nSPS) is 15.9. The highest BCUT2D eigenvalue weighted by molar-refractivity contribution is 6.31. The van der Waals surface area contributed by atoms with Gasteiger partial charge in [0, 0.05) is 29.4 Å². The Bertz CT molecular complexity index is 453. The minimum absolute atomic E-state index is 0.151. The van der Waals surface area contributed by atoms with Gasteiger partial charge in [-0.3, -0.25) is 4.79 Å². The molecule has 1 aliphatic carbocycles. The zero-order chi connectivity index (χ0) is 15.1. The third kappa shape index (κ3) is 5.56. The Morgan fingerprint density at radius 1 is 1.29 bits per heavy atom. The molecule has 1 fully saturated rings. The van der Waals surface area contributed by atoms with Crippen LogP contribution >= 0.6 is 11.6 Å². The van der Waals surface area contributed by atoms with Gasteiger partial charge in [-0.2, -0.15) is 0 Å². The number of nitrogen functional groups attached to an aromatic ring is 1. The smallest absolute Gasteiger partial charge is 0.251 e. The Labute approximate surface area is 131 Å². The van der Waals surface area contributed by atoms with Crippen molar-refractivity contribution in [2.75, 3.05) is 18.9 Å². The number of carbonyl (C=O) groups is 1. The third-order valence-electron chi connectivity index (χ3n) is 3.69. The number of hydrogen-bond acceptors (Lipinski definition) is 3. The van der Waals surface area contributed by atoms with Crippen LogP contribution in [-0.2, 0) is 4.74 Å². The summed E-state index contributed by atoms with van der Waals surface area (Å²) in [5.74, 6) is -0.151. The van der Waals surface area contributed by atoms with E-state index in [4.69, 9.17) is 22.1 Å². The second-order valence-electron chi connectivity index (χ2n) is 5.51. The number of amides is 1. The Balaban J connectivity index is 1.64. The number of carbonyl (C=O) groups excluding carboxylic acids is 1. The van der Waals surface area contributed by atoms with Gasteiger partial charge in [0.2, 0.25) is 0 Å². The Hall–Kier alpha value is -1.26. The minimum atomic E-state index is -0.151. The van der Waals surface area contributed by atoms with E-state index in [0.717, 1.165) is 6.42 Å². The van der Waals surface area contributed by atoms with E-state index >= 15 is 0 Å². The van der Waals surface area contributed by atoms with Gasteiger partial charge in [-0.15, -0.1) is 0 Å². The summed E-state index contributed by atoms with van der Waals surface area (Å²) in [5.41, 5.74) is 6.66. The fraction of sp³-hybridized carbons (Fsp3) is 0.562. The molecule has 116 valence electrons. The van der Waals surface area contributed by atoms with Crippen LogP contribution < -0.4 is 11.1 Å². The van der Waals surface area contributed by atoms with Crippen LogP contribution in [0.5, 0.6) is 0 Å². The van der Waals surface area contributed by atoms with Gasteiger partial charge in [0.15, 0.2) is 0 Å². The number of ether oxygens (including phenoxy) is 1.